The van der Waals surface area contributed by atoms with Crippen LogP contribution in [0.1, 0.15) is 25.0 Å². The molecule has 1 aliphatic rings. The number of aromatic nitrogens is 1. The Hall–Kier alpha value is -1.42. The predicted molar refractivity (Wildman–Crippen MR) is 57.0 cm³/mol. The summed E-state index contributed by atoms with van der Waals surface area (Å²) >= 11 is 0. The summed E-state index contributed by atoms with van der Waals surface area (Å²) in [4.78, 5) is 15.8. The molecule has 1 unspecified atom stereocenters. The van der Waals surface area contributed by atoms with Gasteiger partial charge in [-0.15, -0.1) is 0 Å². The van der Waals surface area contributed by atoms with E-state index in [2.05, 4.69) is 10.3 Å². The van der Waals surface area contributed by atoms with E-state index in [4.69, 9.17) is 5.73 Å². The molecule has 2 rings (SSSR count). The fourth-order valence-electron chi connectivity index (χ4n) is 2.08. The number of hydrogen-bond donors (Lipinski definition) is 2. The molecule has 1 aromatic heterocycles. The van der Waals surface area contributed by atoms with E-state index in [0.717, 1.165) is 31.5 Å². The van der Waals surface area contributed by atoms with Crippen LogP contribution in [0.2, 0.25) is 0 Å². The maximum atomic E-state index is 11.6. The van der Waals surface area contributed by atoms with Crippen molar-refractivity contribution in [1.29, 1.82) is 0 Å². The first-order valence-corrected chi connectivity index (χ1v) is 5.22. The van der Waals surface area contributed by atoms with E-state index < -0.39 is 5.54 Å². The van der Waals surface area contributed by atoms with E-state index in [1.54, 1.807) is 6.20 Å². The maximum absolute atomic E-state index is 11.6. The molecule has 0 spiro atoms. The Balaban J connectivity index is 2.38. The van der Waals surface area contributed by atoms with Gasteiger partial charge in [0.15, 0.2) is 0 Å². The normalized spacial score (nSPS) is 26.1. The number of nitrogens with one attached hydrogen (secondary N) is 1. The van der Waals surface area contributed by atoms with E-state index in [0.29, 0.717) is 0 Å². The lowest BCUT2D eigenvalue weighted by Gasteiger charge is -2.34. The minimum absolute atomic E-state index is 0.332. The van der Waals surface area contributed by atoms with Crippen molar-refractivity contribution >= 4 is 5.91 Å². The van der Waals surface area contributed by atoms with Crippen LogP contribution in [0.3, 0.4) is 0 Å². The molecule has 1 amide bonds. The smallest absolute Gasteiger partial charge is 0.243 e. The molecule has 0 saturated carbocycles. The van der Waals surface area contributed by atoms with Crippen LogP contribution in [0, 0.1) is 0 Å². The van der Waals surface area contributed by atoms with Gasteiger partial charge >= 0.3 is 0 Å². The molecule has 3 N–H and O–H groups in total. The second-order valence-corrected chi connectivity index (χ2v) is 3.87. The summed E-state index contributed by atoms with van der Waals surface area (Å²) in [6, 6.07) is 5.56. The summed E-state index contributed by atoms with van der Waals surface area (Å²) in [5.41, 5.74) is 5.48. The van der Waals surface area contributed by atoms with Gasteiger partial charge in [-0.05, 0) is 37.9 Å². The van der Waals surface area contributed by atoms with Crippen LogP contribution in [-0.2, 0) is 10.3 Å². The third-order valence-electron chi connectivity index (χ3n) is 2.93. The highest BCUT2D eigenvalue weighted by Gasteiger charge is 2.40. The molecule has 0 aromatic carbocycles. The van der Waals surface area contributed by atoms with Gasteiger partial charge in [0.1, 0.15) is 5.54 Å². The van der Waals surface area contributed by atoms with Gasteiger partial charge < -0.3 is 5.73 Å². The van der Waals surface area contributed by atoms with Crippen molar-refractivity contribution in [2.24, 2.45) is 5.73 Å². The molecule has 1 fully saturated rings. The van der Waals surface area contributed by atoms with Gasteiger partial charge in [0, 0.05) is 6.20 Å². The molecule has 4 nitrogen and oxygen atoms in total. The zero-order valence-electron chi connectivity index (χ0n) is 8.57. The Morgan fingerprint density at radius 2 is 2.33 bits per heavy atom. The number of rotatable bonds is 2. The fraction of sp³-hybridized carbons (Fsp3) is 0.455. The summed E-state index contributed by atoms with van der Waals surface area (Å²) in [5.74, 6) is -0.332. The molecule has 2 heterocycles. The van der Waals surface area contributed by atoms with E-state index in [-0.39, 0.29) is 5.91 Å². The lowest BCUT2D eigenvalue weighted by molar-refractivity contribution is -0.126. The highest BCUT2D eigenvalue weighted by atomic mass is 16.1. The first-order chi connectivity index (χ1) is 7.26. The molecule has 4 heteroatoms. The molecule has 80 valence electrons. The Labute approximate surface area is 88.9 Å². The fourth-order valence-corrected chi connectivity index (χ4v) is 2.08. The van der Waals surface area contributed by atoms with Crippen LogP contribution in [0.4, 0.5) is 0 Å². The van der Waals surface area contributed by atoms with Gasteiger partial charge in [0.25, 0.3) is 0 Å². The number of hydrogen-bond acceptors (Lipinski definition) is 3. The van der Waals surface area contributed by atoms with Crippen molar-refractivity contribution in [3.05, 3.63) is 30.1 Å². The molecule has 15 heavy (non-hydrogen) atoms. The minimum atomic E-state index is -0.750. The van der Waals surface area contributed by atoms with Gasteiger partial charge in [0.05, 0.1) is 5.69 Å². The summed E-state index contributed by atoms with van der Waals surface area (Å²) in [6.07, 6.45) is 4.52. The molecule has 1 atom stereocenters. The monoisotopic (exact) mass is 205 g/mol. The molecule has 0 bridgehead atoms. The van der Waals surface area contributed by atoms with Gasteiger partial charge in [0.2, 0.25) is 5.91 Å². The number of carbonyl (C=O) groups excluding carboxylic acids is 1. The zero-order chi connectivity index (χ0) is 10.7. The number of nitrogens with two attached hydrogens (primary N) is 1. The van der Waals surface area contributed by atoms with Gasteiger partial charge in [-0.3, -0.25) is 15.1 Å². The van der Waals surface area contributed by atoms with Crippen LogP contribution >= 0.6 is 0 Å². The topological polar surface area (TPSA) is 68.0 Å². The van der Waals surface area contributed by atoms with Gasteiger partial charge in [-0.2, -0.15) is 0 Å². The molecule has 0 aliphatic carbocycles. The quantitative estimate of drug-likeness (QED) is 0.740. The number of primary amides is 1. The van der Waals surface area contributed by atoms with Crippen molar-refractivity contribution in [3.63, 3.8) is 0 Å². The Morgan fingerprint density at radius 1 is 1.47 bits per heavy atom. The van der Waals surface area contributed by atoms with Crippen LogP contribution in [0.15, 0.2) is 24.4 Å². The van der Waals surface area contributed by atoms with Crippen molar-refractivity contribution in [3.8, 4) is 0 Å². The van der Waals surface area contributed by atoms with E-state index >= 15 is 0 Å². The lowest BCUT2D eigenvalue weighted by Crippen LogP contribution is -2.55. The largest absolute Gasteiger partial charge is 0.368 e. The van der Waals surface area contributed by atoms with E-state index in [1.165, 1.54) is 0 Å². The number of piperidine rings is 1. The van der Waals surface area contributed by atoms with Gasteiger partial charge in [-0.1, -0.05) is 6.07 Å². The van der Waals surface area contributed by atoms with Crippen molar-refractivity contribution in [2.45, 2.75) is 24.8 Å². The number of amides is 1. The van der Waals surface area contributed by atoms with Crippen LogP contribution < -0.4 is 11.1 Å². The molecule has 1 aliphatic heterocycles. The summed E-state index contributed by atoms with van der Waals surface area (Å²) < 4.78 is 0. The Kier molecular flexibility index (Phi) is 2.68. The van der Waals surface area contributed by atoms with E-state index in [1.807, 2.05) is 18.2 Å². The second-order valence-electron chi connectivity index (χ2n) is 3.87. The number of pyridine rings is 1. The zero-order valence-corrected chi connectivity index (χ0v) is 8.57. The molecule has 1 aromatic rings. The first-order valence-electron chi connectivity index (χ1n) is 5.22. The summed E-state index contributed by atoms with van der Waals surface area (Å²) in [6.45, 7) is 0.819. The van der Waals surface area contributed by atoms with Gasteiger partial charge in [-0.25, -0.2) is 0 Å². The number of carbonyl (C=O) groups is 1. The highest BCUT2D eigenvalue weighted by molar-refractivity contribution is 5.85. The highest BCUT2D eigenvalue weighted by Crippen LogP contribution is 2.28. The molecule has 0 radical (unpaired) electrons. The maximum Gasteiger partial charge on any atom is 0.243 e. The number of nitrogens with zero attached hydrogens (tertiary/aromatic N) is 1. The van der Waals surface area contributed by atoms with Crippen LogP contribution in [-0.4, -0.2) is 17.4 Å². The van der Waals surface area contributed by atoms with Crippen molar-refractivity contribution < 1.29 is 4.79 Å². The molecular weight excluding hydrogens is 190 g/mol. The predicted octanol–water partition coefficient (Wildman–Crippen LogP) is 0.536. The van der Waals surface area contributed by atoms with Crippen LogP contribution in [0.25, 0.3) is 0 Å². The summed E-state index contributed by atoms with van der Waals surface area (Å²) in [5, 5.41) is 3.21. The third kappa shape index (κ3) is 1.72. The Bertz CT molecular complexity index is 344. The van der Waals surface area contributed by atoms with Crippen molar-refractivity contribution in [2.75, 3.05) is 6.54 Å². The second kappa shape index (κ2) is 3.98. The standard InChI is InChI=1S/C11H15N3O/c12-10(15)11(6-2-4-8-14-11)9-5-1-3-7-13-9/h1,3,5,7,14H,2,4,6,8H2,(H2,12,15). The lowest BCUT2D eigenvalue weighted by atomic mass is 9.85. The third-order valence-corrected chi connectivity index (χ3v) is 2.93. The molecular formula is C11H15N3O. The molecule has 1 saturated heterocycles. The minimum Gasteiger partial charge on any atom is -0.368 e. The summed E-state index contributed by atoms with van der Waals surface area (Å²) in [7, 11) is 0. The SMILES string of the molecule is NC(=O)C1(c2ccccn2)CCCCN1. The average molecular weight is 205 g/mol. The Morgan fingerprint density at radius 3 is 2.87 bits per heavy atom. The van der Waals surface area contributed by atoms with Crippen molar-refractivity contribution in [1.82, 2.24) is 10.3 Å². The first kappa shape index (κ1) is 10.1. The van der Waals surface area contributed by atoms with Crippen LogP contribution in [0.5, 0.6) is 0 Å². The average Bonchev–Trinajstić information content (AvgIpc) is 2.31. The van der Waals surface area contributed by atoms with E-state index in [9.17, 15) is 4.79 Å².